The van der Waals surface area contributed by atoms with Crippen LogP contribution in [0.2, 0.25) is 5.02 Å². The standard InChI is InChI=1S/C13H19ClO/c1-9-5-6-11(7-12(9)14)13(3,4)8-10(2)15/h5-7,10,15H,8H2,1-4H3. The fourth-order valence-electron chi connectivity index (χ4n) is 1.87. The summed E-state index contributed by atoms with van der Waals surface area (Å²) >= 11 is 6.09. The first-order valence-electron chi connectivity index (χ1n) is 5.27. The van der Waals surface area contributed by atoms with E-state index in [0.717, 1.165) is 17.0 Å². The van der Waals surface area contributed by atoms with E-state index in [1.807, 2.05) is 26.0 Å². The topological polar surface area (TPSA) is 20.2 Å². The van der Waals surface area contributed by atoms with Crippen LogP contribution in [0.1, 0.15) is 38.3 Å². The molecule has 1 aromatic rings. The largest absolute Gasteiger partial charge is 0.393 e. The molecular formula is C13H19ClO. The van der Waals surface area contributed by atoms with Crippen LogP contribution in [0.15, 0.2) is 18.2 Å². The molecule has 0 amide bonds. The lowest BCUT2D eigenvalue weighted by atomic mass is 9.80. The zero-order chi connectivity index (χ0) is 11.6. The van der Waals surface area contributed by atoms with E-state index in [1.54, 1.807) is 0 Å². The van der Waals surface area contributed by atoms with Crippen LogP contribution in [0.5, 0.6) is 0 Å². The average Bonchev–Trinajstić information content (AvgIpc) is 2.07. The van der Waals surface area contributed by atoms with E-state index in [9.17, 15) is 5.11 Å². The van der Waals surface area contributed by atoms with Crippen molar-refractivity contribution in [3.63, 3.8) is 0 Å². The van der Waals surface area contributed by atoms with Gasteiger partial charge in [0.1, 0.15) is 0 Å². The quantitative estimate of drug-likeness (QED) is 0.834. The minimum Gasteiger partial charge on any atom is -0.393 e. The number of benzene rings is 1. The van der Waals surface area contributed by atoms with Gasteiger partial charge in [0.25, 0.3) is 0 Å². The number of hydrogen-bond acceptors (Lipinski definition) is 1. The van der Waals surface area contributed by atoms with Gasteiger partial charge < -0.3 is 5.11 Å². The molecule has 1 unspecified atom stereocenters. The Labute approximate surface area is 97.1 Å². The van der Waals surface area contributed by atoms with E-state index in [1.165, 1.54) is 5.56 Å². The maximum absolute atomic E-state index is 9.44. The van der Waals surface area contributed by atoms with Crippen LogP contribution < -0.4 is 0 Å². The van der Waals surface area contributed by atoms with Crippen LogP contribution in [0, 0.1) is 6.92 Å². The molecule has 1 N–H and O–H groups in total. The number of aliphatic hydroxyl groups excluding tert-OH is 1. The van der Waals surface area contributed by atoms with Crippen molar-refractivity contribution in [3.8, 4) is 0 Å². The van der Waals surface area contributed by atoms with Crippen molar-refractivity contribution >= 4 is 11.6 Å². The van der Waals surface area contributed by atoms with Crippen LogP contribution >= 0.6 is 11.6 Å². The van der Waals surface area contributed by atoms with Crippen molar-refractivity contribution in [2.75, 3.05) is 0 Å². The van der Waals surface area contributed by atoms with Gasteiger partial charge >= 0.3 is 0 Å². The predicted molar refractivity (Wildman–Crippen MR) is 65.5 cm³/mol. The third kappa shape index (κ3) is 3.22. The molecule has 1 rings (SSSR count). The number of hydrogen-bond donors (Lipinski definition) is 1. The minimum atomic E-state index is -0.292. The zero-order valence-corrected chi connectivity index (χ0v) is 10.6. The summed E-state index contributed by atoms with van der Waals surface area (Å²) in [5.41, 5.74) is 2.23. The van der Waals surface area contributed by atoms with Gasteiger partial charge in [0.05, 0.1) is 6.10 Å². The van der Waals surface area contributed by atoms with Gasteiger partial charge in [-0.25, -0.2) is 0 Å². The van der Waals surface area contributed by atoms with Gasteiger partial charge in [-0.2, -0.15) is 0 Å². The lowest BCUT2D eigenvalue weighted by Gasteiger charge is -2.27. The Morgan fingerprint density at radius 1 is 1.40 bits per heavy atom. The SMILES string of the molecule is Cc1ccc(C(C)(C)CC(C)O)cc1Cl. The normalized spacial score (nSPS) is 14.0. The van der Waals surface area contributed by atoms with E-state index < -0.39 is 0 Å². The van der Waals surface area contributed by atoms with Gasteiger partial charge in [-0.15, -0.1) is 0 Å². The van der Waals surface area contributed by atoms with Crippen LogP contribution in [0.25, 0.3) is 0 Å². The van der Waals surface area contributed by atoms with Crippen LogP contribution in [0.3, 0.4) is 0 Å². The van der Waals surface area contributed by atoms with E-state index in [-0.39, 0.29) is 11.5 Å². The number of aliphatic hydroxyl groups is 1. The summed E-state index contributed by atoms with van der Waals surface area (Å²) < 4.78 is 0. The molecule has 0 aliphatic carbocycles. The monoisotopic (exact) mass is 226 g/mol. The summed E-state index contributed by atoms with van der Waals surface area (Å²) in [6.07, 6.45) is 0.451. The van der Waals surface area contributed by atoms with Crippen molar-refractivity contribution in [3.05, 3.63) is 34.3 Å². The Bertz CT molecular complexity index is 342. The van der Waals surface area contributed by atoms with E-state index in [4.69, 9.17) is 11.6 Å². The molecule has 0 bridgehead atoms. The van der Waals surface area contributed by atoms with Crippen molar-refractivity contribution in [1.29, 1.82) is 0 Å². The molecule has 0 fully saturated rings. The number of aryl methyl sites for hydroxylation is 1. The predicted octanol–water partition coefficient (Wildman–Crippen LogP) is 3.70. The average molecular weight is 227 g/mol. The molecule has 1 nitrogen and oxygen atoms in total. The van der Waals surface area contributed by atoms with Gasteiger partial charge in [0, 0.05) is 5.02 Å². The molecule has 0 aliphatic rings. The third-order valence-electron chi connectivity index (χ3n) is 2.76. The van der Waals surface area contributed by atoms with Crippen LogP contribution in [0.4, 0.5) is 0 Å². The molecule has 1 aromatic carbocycles. The fourth-order valence-corrected chi connectivity index (χ4v) is 2.05. The van der Waals surface area contributed by atoms with Gasteiger partial charge in [0.15, 0.2) is 0 Å². The molecule has 0 aromatic heterocycles. The van der Waals surface area contributed by atoms with Crippen molar-refractivity contribution in [2.24, 2.45) is 0 Å². The molecule has 0 saturated carbocycles. The molecule has 0 saturated heterocycles. The molecule has 0 heterocycles. The molecule has 0 spiro atoms. The van der Waals surface area contributed by atoms with Crippen molar-refractivity contribution in [1.82, 2.24) is 0 Å². The Kier molecular flexibility index (Phi) is 3.80. The van der Waals surface area contributed by atoms with Gasteiger partial charge in [-0.05, 0) is 42.9 Å². The Hall–Kier alpha value is -0.530. The second kappa shape index (κ2) is 4.54. The Morgan fingerprint density at radius 2 is 2.00 bits per heavy atom. The smallest absolute Gasteiger partial charge is 0.0520 e. The first-order chi connectivity index (χ1) is 6.83. The number of rotatable bonds is 3. The number of halogens is 1. The highest BCUT2D eigenvalue weighted by molar-refractivity contribution is 6.31. The molecular weight excluding hydrogens is 208 g/mol. The second-order valence-corrected chi connectivity index (χ2v) is 5.31. The van der Waals surface area contributed by atoms with Crippen LogP contribution in [-0.2, 0) is 5.41 Å². The molecule has 84 valence electrons. The summed E-state index contributed by atoms with van der Waals surface area (Å²) in [7, 11) is 0. The lowest BCUT2D eigenvalue weighted by Crippen LogP contribution is -2.22. The summed E-state index contributed by atoms with van der Waals surface area (Å²) in [5, 5.41) is 10.2. The highest BCUT2D eigenvalue weighted by Crippen LogP contribution is 2.31. The van der Waals surface area contributed by atoms with Crippen molar-refractivity contribution < 1.29 is 5.11 Å². The highest BCUT2D eigenvalue weighted by atomic mass is 35.5. The second-order valence-electron chi connectivity index (χ2n) is 4.90. The van der Waals surface area contributed by atoms with Crippen molar-refractivity contribution in [2.45, 2.75) is 45.6 Å². The molecule has 15 heavy (non-hydrogen) atoms. The first-order valence-corrected chi connectivity index (χ1v) is 5.65. The van der Waals surface area contributed by atoms with Gasteiger partial charge in [0.2, 0.25) is 0 Å². The third-order valence-corrected chi connectivity index (χ3v) is 3.17. The minimum absolute atomic E-state index is 0.0362. The molecule has 1 atom stereocenters. The van der Waals surface area contributed by atoms with E-state index >= 15 is 0 Å². The van der Waals surface area contributed by atoms with E-state index in [0.29, 0.717) is 0 Å². The van der Waals surface area contributed by atoms with Gasteiger partial charge in [-0.1, -0.05) is 37.6 Å². The fraction of sp³-hybridized carbons (Fsp3) is 0.538. The molecule has 2 heteroatoms. The lowest BCUT2D eigenvalue weighted by molar-refractivity contribution is 0.157. The van der Waals surface area contributed by atoms with E-state index in [2.05, 4.69) is 19.9 Å². The summed E-state index contributed by atoms with van der Waals surface area (Å²) in [5.74, 6) is 0. The maximum atomic E-state index is 9.44. The first kappa shape index (κ1) is 12.5. The summed E-state index contributed by atoms with van der Waals surface area (Å²) in [6, 6.07) is 6.12. The summed E-state index contributed by atoms with van der Waals surface area (Å²) in [4.78, 5) is 0. The Balaban J connectivity index is 2.99. The zero-order valence-electron chi connectivity index (χ0n) is 9.84. The maximum Gasteiger partial charge on any atom is 0.0520 e. The summed E-state index contributed by atoms with van der Waals surface area (Å²) in [6.45, 7) is 8.06. The van der Waals surface area contributed by atoms with Gasteiger partial charge in [-0.3, -0.25) is 0 Å². The molecule has 0 aliphatic heterocycles. The Morgan fingerprint density at radius 3 is 2.47 bits per heavy atom. The highest BCUT2D eigenvalue weighted by Gasteiger charge is 2.22. The molecule has 0 radical (unpaired) electrons. The van der Waals surface area contributed by atoms with Crippen LogP contribution in [-0.4, -0.2) is 11.2 Å².